The van der Waals surface area contributed by atoms with Gasteiger partial charge in [-0.05, 0) is 71.9 Å². The lowest BCUT2D eigenvalue weighted by molar-refractivity contribution is -0.130. The zero-order valence-corrected chi connectivity index (χ0v) is 15.9. The molecule has 27 heavy (non-hydrogen) atoms. The summed E-state index contributed by atoms with van der Waals surface area (Å²) in [5.41, 5.74) is 5.17. The minimum atomic E-state index is -0.898. The van der Waals surface area contributed by atoms with E-state index in [9.17, 15) is 14.7 Å². The molecule has 0 radical (unpaired) electrons. The number of carbonyl (C=O) groups excluding carboxylic acids is 1. The van der Waals surface area contributed by atoms with Crippen LogP contribution in [-0.2, 0) is 4.79 Å². The quantitative estimate of drug-likeness (QED) is 0.875. The monoisotopic (exact) mass is 363 g/mol. The number of benzene rings is 2. The van der Waals surface area contributed by atoms with Crippen LogP contribution in [0.4, 0.5) is 0 Å². The number of hydrogen-bond acceptors (Lipinski definition) is 2. The van der Waals surface area contributed by atoms with Gasteiger partial charge >= 0.3 is 5.97 Å². The number of rotatable bonds is 3. The van der Waals surface area contributed by atoms with Gasteiger partial charge in [0.05, 0.1) is 5.56 Å². The number of hydrogen-bond donors (Lipinski definition) is 1. The van der Waals surface area contributed by atoms with Gasteiger partial charge in [0.1, 0.15) is 0 Å². The molecule has 1 saturated heterocycles. The van der Waals surface area contributed by atoms with E-state index in [1.165, 1.54) is 12.0 Å². The van der Waals surface area contributed by atoms with E-state index in [1.54, 1.807) is 19.1 Å². The lowest BCUT2D eigenvalue weighted by Crippen LogP contribution is -2.38. The number of aryl methyl sites for hydroxylation is 1. The summed E-state index contributed by atoms with van der Waals surface area (Å²) in [7, 11) is 0. The highest BCUT2D eigenvalue weighted by molar-refractivity contribution is 5.90. The molecule has 1 saturated carbocycles. The van der Waals surface area contributed by atoms with Crippen LogP contribution in [-0.4, -0.2) is 35.0 Å². The van der Waals surface area contributed by atoms with E-state index in [2.05, 4.69) is 24.3 Å². The summed E-state index contributed by atoms with van der Waals surface area (Å²) >= 11 is 0. The number of carboxylic acid groups (broad SMARTS) is 1. The van der Waals surface area contributed by atoms with Crippen LogP contribution in [0.25, 0.3) is 11.1 Å². The maximum Gasteiger partial charge on any atom is 0.335 e. The van der Waals surface area contributed by atoms with Crippen LogP contribution in [0.3, 0.4) is 0 Å². The van der Waals surface area contributed by atoms with Gasteiger partial charge in [-0.1, -0.05) is 30.3 Å². The first-order valence-electron chi connectivity index (χ1n) is 9.59. The lowest BCUT2D eigenvalue weighted by Gasteiger charge is -2.32. The largest absolute Gasteiger partial charge is 0.478 e. The summed E-state index contributed by atoms with van der Waals surface area (Å²) in [6, 6.07) is 13.9. The van der Waals surface area contributed by atoms with Gasteiger partial charge in [0.25, 0.3) is 0 Å². The van der Waals surface area contributed by atoms with Crippen LogP contribution in [0, 0.1) is 12.3 Å². The van der Waals surface area contributed by atoms with Crippen molar-refractivity contribution in [1.82, 2.24) is 4.90 Å². The predicted octanol–water partition coefficient (Wildman–Crippen LogP) is 4.48. The van der Waals surface area contributed by atoms with Gasteiger partial charge in [0, 0.05) is 20.0 Å². The Labute approximate surface area is 159 Å². The maximum atomic E-state index is 11.5. The summed E-state index contributed by atoms with van der Waals surface area (Å²) in [5.74, 6) is -0.123. The Morgan fingerprint density at radius 2 is 1.74 bits per heavy atom. The fourth-order valence-corrected chi connectivity index (χ4v) is 4.60. The first-order chi connectivity index (χ1) is 12.9. The molecular weight excluding hydrogens is 338 g/mol. The van der Waals surface area contributed by atoms with Crippen molar-refractivity contribution in [2.75, 3.05) is 13.1 Å². The van der Waals surface area contributed by atoms with Crippen molar-refractivity contribution in [1.29, 1.82) is 0 Å². The van der Waals surface area contributed by atoms with Crippen LogP contribution in [0.1, 0.15) is 53.6 Å². The van der Waals surface area contributed by atoms with Crippen molar-refractivity contribution in [3.8, 4) is 11.1 Å². The minimum absolute atomic E-state index is 0.186. The molecule has 2 fully saturated rings. The Bertz CT molecular complexity index is 892. The Kier molecular flexibility index (Phi) is 4.29. The highest BCUT2D eigenvalue weighted by Gasteiger charge is 2.55. The Balaban J connectivity index is 1.51. The second-order valence-corrected chi connectivity index (χ2v) is 8.08. The molecule has 1 spiro atoms. The number of amides is 1. The fourth-order valence-electron chi connectivity index (χ4n) is 4.60. The fraction of sp³-hybridized carbons (Fsp3) is 0.391. The van der Waals surface area contributed by atoms with Crippen molar-refractivity contribution < 1.29 is 14.7 Å². The first-order valence-corrected chi connectivity index (χ1v) is 9.59. The third-order valence-electron chi connectivity index (χ3n) is 6.50. The summed E-state index contributed by atoms with van der Waals surface area (Å²) in [4.78, 5) is 24.8. The van der Waals surface area contributed by atoms with E-state index in [1.807, 2.05) is 17.9 Å². The number of carboxylic acids is 1. The third-order valence-corrected chi connectivity index (χ3v) is 6.50. The molecule has 1 unspecified atom stereocenters. The predicted molar refractivity (Wildman–Crippen MR) is 105 cm³/mol. The highest BCUT2D eigenvalue weighted by Crippen LogP contribution is 2.64. The van der Waals surface area contributed by atoms with E-state index in [4.69, 9.17) is 0 Å². The molecule has 2 aliphatic rings. The summed E-state index contributed by atoms with van der Waals surface area (Å²) in [5, 5.41) is 9.24. The molecular formula is C23H25NO3. The first kappa shape index (κ1) is 17.8. The van der Waals surface area contributed by atoms with Gasteiger partial charge in [-0.15, -0.1) is 0 Å². The van der Waals surface area contributed by atoms with Gasteiger partial charge in [-0.3, -0.25) is 4.79 Å². The van der Waals surface area contributed by atoms with E-state index in [0.29, 0.717) is 16.9 Å². The van der Waals surface area contributed by atoms with Gasteiger partial charge < -0.3 is 10.0 Å². The summed E-state index contributed by atoms with van der Waals surface area (Å²) in [6.07, 6.45) is 3.41. The second-order valence-electron chi connectivity index (χ2n) is 8.08. The van der Waals surface area contributed by atoms with Gasteiger partial charge in [0.2, 0.25) is 5.91 Å². The molecule has 0 aromatic heterocycles. The molecule has 0 bridgehead atoms. The van der Waals surface area contributed by atoms with Crippen LogP contribution >= 0.6 is 0 Å². The zero-order valence-electron chi connectivity index (χ0n) is 15.9. The number of piperidine rings is 1. The zero-order chi connectivity index (χ0) is 19.2. The number of carbonyl (C=O) groups is 2. The molecule has 4 nitrogen and oxygen atoms in total. The van der Waals surface area contributed by atoms with Crippen molar-refractivity contribution in [2.24, 2.45) is 5.41 Å². The molecule has 2 aromatic rings. The Morgan fingerprint density at radius 3 is 2.33 bits per heavy atom. The van der Waals surface area contributed by atoms with Crippen molar-refractivity contribution in [2.45, 2.75) is 39.0 Å². The molecule has 2 aromatic carbocycles. The molecule has 1 aliphatic carbocycles. The summed E-state index contributed by atoms with van der Waals surface area (Å²) in [6.45, 7) is 5.42. The smallest absolute Gasteiger partial charge is 0.335 e. The molecule has 1 atom stereocenters. The van der Waals surface area contributed by atoms with E-state index in [-0.39, 0.29) is 5.91 Å². The third kappa shape index (κ3) is 3.25. The summed E-state index contributed by atoms with van der Waals surface area (Å²) < 4.78 is 0. The topological polar surface area (TPSA) is 57.6 Å². The van der Waals surface area contributed by atoms with Crippen LogP contribution < -0.4 is 0 Å². The normalized spacial score (nSPS) is 20.5. The number of nitrogens with zero attached hydrogens (tertiary/aromatic N) is 1. The van der Waals surface area contributed by atoms with Gasteiger partial charge in [-0.25, -0.2) is 4.79 Å². The average molecular weight is 363 g/mol. The number of aromatic carboxylic acids is 1. The molecule has 4 heteroatoms. The van der Waals surface area contributed by atoms with E-state index >= 15 is 0 Å². The number of likely N-dealkylation sites (tertiary alicyclic amines) is 1. The molecule has 140 valence electrons. The Morgan fingerprint density at radius 1 is 1.07 bits per heavy atom. The van der Waals surface area contributed by atoms with E-state index in [0.717, 1.165) is 42.6 Å². The average Bonchev–Trinajstić information content (AvgIpc) is 3.35. The molecule has 1 N–H and O–H groups in total. The SMILES string of the molecule is CC(=O)N1CCC2(CC1)CC2c1ccc(-c2cc(C(=O)O)ccc2C)cc1. The van der Waals surface area contributed by atoms with E-state index < -0.39 is 5.97 Å². The molecule has 1 amide bonds. The van der Waals surface area contributed by atoms with Gasteiger partial charge in [0.15, 0.2) is 0 Å². The van der Waals surface area contributed by atoms with Crippen LogP contribution in [0.5, 0.6) is 0 Å². The minimum Gasteiger partial charge on any atom is -0.478 e. The molecule has 1 aliphatic heterocycles. The van der Waals surface area contributed by atoms with Gasteiger partial charge in [-0.2, -0.15) is 0 Å². The Hall–Kier alpha value is -2.62. The standard InChI is InChI=1S/C23H25NO3/c1-15-3-4-19(22(26)27)13-20(15)17-5-7-18(8-6-17)21-14-23(21)9-11-24(12-10-23)16(2)25/h3-8,13,21H,9-12,14H2,1-2H3,(H,26,27). The van der Waals surface area contributed by atoms with Crippen molar-refractivity contribution in [3.63, 3.8) is 0 Å². The maximum absolute atomic E-state index is 11.5. The van der Waals surface area contributed by atoms with Crippen molar-refractivity contribution >= 4 is 11.9 Å². The lowest BCUT2D eigenvalue weighted by atomic mass is 9.88. The molecule has 1 heterocycles. The van der Waals surface area contributed by atoms with Crippen LogP contribution in [0.2, 0.25) is 0 Å². The highest BCUT2D eigenvalue weighted by atomic mass is 16.4. The molecule has 4 rings (SSSR count). The van der Waals surface area contributed by atoms with Crippen LogP contribution in [0.15, 0.2) is 42.5 Å². The van der Waals surface area contributed by atoms with Crippen molar-refractivity contribution in [3.05, 3.63) is 59.2 Å². The second kappa shape index (κ2) is 6.52.